The van der Waals surface area contributed by atoms with Gasteiger partial charge in [0.15, 0.2) is 0 Å². The van der Waals surface area contributed by atoms with E-state index in [0.29, 0.717) is 12.3 Å². The Morgan fingerprint density at radius 1 is 1.08 bits per heavy atom. The van der Waals surface area contributed by atoms with Crippen molar-refractivity contribution in [1.29, 1.82) is 0 Å². The summed E-state index contributed by atoms with van der Waals surface area (Å²) in [6.45, 7) is 0. The Kier molecular flexibility index (Phi) is 4.00. The van der Waals surface area contributed by atoms with E-state index in [4.69, 9.17) is 0 Å². The van der Waals surface area contributed by atoms with Crippen molar-refractivity contribution in [3.8, 4) is 0 Å². The van der Waals surface area contributed by atoms with Crippen LogP contribution in [-0.4, -0.2) is 16.8 Å². The molecule has 2 aliphatic rings. The maximum atomic E-state index is 12.1. The third kappa shape index (κ3) is 3.03. The fourth-order valence-corrected chi connectivity index (χ4v) is 4.55. The lowest BCUT2D eigenvalue weighted by atomic mass is 9.86. The second-order valence-corrected chi connectivity index (χ2v) is 7.27. The number of hydrogen-bond donors (Lipinski definition) is 3. The van der Waals surface area contributed by atoms with Crippen molar-refractivity contribution < 1.29 is 9.59 Å². The molecule has 2 amide bonds. The van der Waals surface area contributed by atoms with Gasteiger partial charge in [0.1, 0.15) is 0 Å². The number of para-hydroxylation sites is 1. The number of carbonyl (C=O) groups excluding carboxylic acids is 2. The van der Waals surface area contributed by atoms with E-state index >= 15 is 0 Å². The molecule has 3 unspecified atom stereocenters. The molecule has 5 heteroatoms. The quantitative estimate of drug-likeness (QED) is 0.756. The Morgan fingerprint density at radius 2 is 1.92 bits per heavy atom. The predicted molar refractivity (Wildman–Crippen MR) is 91.8 cm³/mol. The highest BCUT2D eigenvalue weighted by Crippen LogP contribution is 2.49. The standard InChI is InChI=1S/C19H23N3O2/c23-18(9-14-8-12-5-6-13(14)7-12)21-22-19(24)10-15-11-20-17-4-2-1-3-16(15)17/h1-4,11-14,20H,5-10H2,(H,21,23)(H,22,24). The molecule has 5 nitrogen and oxygen atoms in total. The molecule has 126 valence electrons. The molecule has 0 radical (unpaired) electrons. The molecule has 4 rings (SSSR count). The van der Waals surface area contributed by atoms with E-state index in [2.05, 4.69) is 15.8 Å². The summed E-state index contributed by atoms with van der Waals surface area (Å²) in [4.78, 5) is 27.3. The number of aromatic amines is 1. The highest BCUT2D eigenvalue weighted by atomic mass is 16.2. The zero-order chi connectivity index (χ0) is 16.5. The summed E-state index contributed by atoms with van der Waals surface area (Å²) < 4.78 is 0. The van der Waals surface area contributed by atoms with Crippen LogP contribution in [0.2, 0.25) is 0 Å². The number of aromatic nitrogens is 1. The Hall–Kier alpha value is -2.30. The molecule has 3 N–H and O–H groups in total. The van der Waals surface area contributed by atoms with Gasteiger partial charge in [-0.15, -0.1) is 0 Å². The van der Waals surface area contributed by atoms with E-state index in [-0.39, 0.29) is 18.2 Å². The van der Waals surface area contributed by atoms with Crippen LogP contribution in [0.5, 0.6) is 0 Å². The number of nitrogens with one attached hydrogen (secondary N) is 3. The fourth-order valence-electron chi connectivity index (χ4n) is 4.55. The van der Waals surface area contributed by atoms with E-state index in [0.717, 1.165) is 28.3 Å². The van der Waals surface area contributed by atoms with Crippen molar-refractivity contribution in [2.24, 2.45) is 17.8 Å². The van der Waals surface area contributed by atoms with Gasteiger partial charge in [-0.1, -0.05) is 24.6 Å². The second-order valence-electron chi connectivity index (χ2n) is 7.27. The van der Waals surface area contributed by atoms with Crippen molar-refractivity contribution in [2.45, 2.75) is 38.5 Å². The monoisotopic (exact) mass is 325 g/mol. The summed E-state index contributed by atoms with van der Waals surface area (Å²) in [7, 11) is 0. The topological polar surface area (TPSA) is 74.0 Å². The van der Waals surface area contributed by atoms with E-state index in [1.54, 1.807) is 0 Å². The zero-order valence-corrected chi connectivity index (χ0v) is 13.7. The molecule has 1 heterocycles. The number of rotatable bonds is 4. The minimum absolute atomic E-state index is 0.0696. The number of H-pyrrole nitrogens is 1. The van der Waals surface area contributed by atoms with Gasteiger partial charge in [0.2, 0.25) is 11.8 Å². The summed E-state index contributed by atoms with van der Waals surface area (Å²) in [5.74, 6) is 1.81. The van der Waals surface area contributed by atoms with Crippen LogP contribution >= 0.6 is 0 Å². The van der Waals surface area contributed by atoms with Crippen LogP contribution in [0, 0.1) is 17.8 Å². The summed E-state index contributed by atoms with van der Waals surface area (Å²) >= 11 is 0. The minimum Gasteiger partial charge on any atom is -0.361 e. The lowest BCUT2D eigenvalue weighted by molar-refractivity contribution is -0.129. The predicted octanol–water partition coefficient (Wildman–Crippen LogP) is 2.68. The smallest absolute Gasteiger partial charge is 0.242 e. The first kappa shape index (κ1) is 15.2. The highest BCUT2D eigenvalue weighted by Gasteiger charge is 2.40. The van der Waals surface area contributed by atoms with Crippen LogP contribution in [0.25, 0.3) is 10.9 Å². The van der Waals surface area contributed by atoms with Crippen LogP contribution in [-0.2, 0) is 16.0 Å². The van der Waals surface area contributed by atoms with E-state index < -0.39 is 0 Å². The first-order chi connectivity index (χ1) is 11.7. The average molecular weight is 325 g/mol. The maximum absolute atomic E-state index is 12.1. The molecule has 0 saturated heterocycles. The molecule has 1 aromatic heterocycles. The van der Waals surface area contributed by atoms with Crippen molar-refractivity contribution in [3.63, 3.8) is 0 Å². The molecule has 24 heavy (non-hydrogen) atoms. The highest BCUT2D eigenvalue weighted by molar-refractivity contribution is 5.89. The number of benzene rings is 1. The van der Waals surface area contributed by atoms with Crippen LogP contribution < -0.4 is 10.9 Å². The fraction of sp³-hybridized carbons (Fsp3) is 0.474. The van der Waals surface area contributed by atoms with Crippen molar-refractivity contribution in [3.05, 3.63) is 36.0 Å². The van der Waals surface area contributed by atoms with E-state index in [1.165, 1.54) is 25.7 Å². The van der Waals surface area contributed by atoms with Gasteiger partial charge < -0.3 is 4.98 Å². The Morgan fingerprint density at radius 3 is 2.71 bits per heavy atom. The molecule has 2 fully saturated rings. The molecule has 2 bridgehead atoms. The molecule has 0 spiro atoms. The molecule has 2 aromatic rings. The number of hydrogen-bond acceptors (Lipinski definition) is 2. The van der Waals surface area contributed by atoms with Gasteiger partial charge in [-0.25, -0.2) is 0 Å². The normalized spacial score (nSPS) is 25.1. The van der Waals surface area contributed by atoms with Crippen molar-refractivity contribution in [2.75, 3.05) is 0 Å². The number of fused-ring (bicyclic) bond motifs is 3. The van der Waals surface area contributed by atoms with Crippen LogP contribution in [0.4, 0.5) is 0 Å². The summed E-state index contributed by atoms with van der Waals surface area (Å²) in [5, 5.41) is 1.04. The average Bonchev–Trinajstić information content (AvgIpc) is 3.29. The first-order valence-corrected chi connectivity index (χ1v) is 8.81. The lowest BCUT2D eigenvalue weighted by Gasteiger charge is -2.20. The minimum atomic E-state index is -0.193. The van der Waals surface area contributed by atoms with Gasteiger partial charge in [-0.2, -0.15) is 0 Å². The van der Waals surface area contributed by atoms with Gasteiger partial charge in [0, 0.05) is 23.5 Å². The number of carbonyl (C=O) groups is 2. The maximum Gasteiger partial charge on any atom is 0.242 e. The SMILES string of the molecule is O=C(Cc1c[nH]c2ccccc12)NNC(=O)CC1CC2CCC1C2. The lowest BCUT2D eigenvalue weighted by Crippen LogP contribution is -2.43. The van der Waals surface area contributed by atoms with Crippen molar-refractivity contribution in [1.82, 2.24) is 15.8 Å². The largest absolute Gasteiger partial charge is 0.361 e. The third-order valence-electron chi connectivity index (χ3n) is 5.70. The van der Waals surface area contributed by atoms with Gasteiger partial charge in [-0.05, 0) is 48.6 Å². The molecule has 0 aliphatic heterocycles. The molecule has 2 aliphatic carbocycles. The molecular weight excluding hydrogens is 302 g/mol. The molecule has 2 saturated carbocycles. The van der Waals surface area contributed by atoms with Crippen LogP contribution in [0.15, 0.2) is 30.5 Å². The second kappa shape index (κ2) is 6.30. The summed E-state index contributed by atoms with van der Waals surface area (Å²) in [5.41, 5.74) is 7.08. The van der Waals surface area contributed by atoms with Crippen LogP contribution in [0.3, 0.4) is 0 Å². The number of amides is 2. The van der Waals surface area contributed by atoms with Gasteiger partial charge in [-0.3, -0.25) is 20.4 Å². The summed E-state index contributed by atoms with van der Waals surface area (Å²) in [6.07, 6.45) is 7.72. The Bertz CT molecular complexity index is 767. The zero-order valence-electron chi connectivity index (χ0n) is 13.7. The molecule has 3 atom stereocenters. The first-order valence-electron chi connectivity index (χ1n) is 8.81. The Labute approximate surface area is 141 Å². The van der Waals surface area contributed by atoms with Gasteiger partial charge in [0.25, 0.3) is 0 Å². The van der Waals surface area contributed by atoms with E-state index in [1.807, 2.05) is 30.5 Å². The van der Waals surface area contributed by atoms with Crippen LogP contribution in [0.1, 0.15) is 37.7 Å². The third-order valence-corrected chi connectivity index (χ3v) is 5.70. The van der Waals surface area contributed by atoms with E-state index in [9.17, 15) is 9.59 Å². The summed E-state index contributed by atoms with van der Waals surface area (Å²) in [6, 6.07) is 7.88. The van der Waals surface area contributed by atoms with Gasteiger partial charge in [0.05, 0.1) is 6.42 Å². The molecular formula is C19H23N3O2. The Balaban J connectivity index is 1.26. The number of hydrazine groups is 1. The molecule has 1 aromatic carbocycles. The van der Waals surface area contributed by atoms with Crippen molar-refractivity contribution >= 4 is 22.7 Å². The van der Waals surface area contributed by atoms with Gasteiger partial charge >= 0.3 is 0 Å².